The zero-order chi connectivity index (χ0) is 22.5. The van der Waals surface area contributed by atoms with Crippen LogP contribution in [0.1, 0.15) is 31.1 Å². The average Bonchev–Trinajstić information content (AvgIpc) is 2.63. The molecular weight excluding hydrogens is 410 g/mol. The summed E-state index contributed by atoms with van der Waals surface area (Å²) >= 11 is 0. The molecule has 0 aliphatic carbocycles. The summed E-state index contributed by atoms with van der Waals surface area (Å²) < 4.78 is 35.7. The molecule has 0 bridgehead atoms. The lowest BCUT2D eigenvalue weighted by molar-refractivity contribution is 0.0483. The fraction of sp³-hybridized carbons (Fsp3) is 0.300. The van der Waals surface area contributed by atoms with Crippen molar-refractivity contribution >= 4 is 27.7 Å². The van der Waals surface area contributed by atoms with Gasteiger partial charge in [-0.1, -0.05) is 18.2 Å². The predicted molar refractivity (Wildman–Crippen MR) is 114 cm³/mol. The summed E-state index contributed by atoms with van der Waals surface area (Å²) in [5, 5.41) is 0. The van der Waals surface area contributed by atoms with E-state index in [1.54, 1.807) is 57.2 Å². The Morgan fingerprint density at radius 2 is 1.63 bits per heavy atom. The second kappa shape index (κ2) is 9.04. The molecule has 0 heterocycles. The van der Waals surface area contributed by atoms with Crippen LogP contribution in [-0.4, -0.2) is 39.4 Å². The number of sulfonamides is 1. The van der Waals surface area contributed by atoms with Gasteiger partial charge >= 0.3 is 6.09 Å². The molecule has 0 unspecified atom stereocenters. The van der Waals surface area contributed by atoms with E-state index >= 15 is 0 Å². The van der Waals surface area contributed by atoms with E-state index in [1.807, 2.05) is 0 Å². The number of hydrazine groups is 1. The number of anilines is 1. The molecule has 2 amide bonds. The minimum Gasteiger partial charge on any atom is -0.496 e. The summed E-state index contributed by atoms with van der Waals surface area (Å²) in [7, 11) is -1.99. The molecule has 0 fully saturated rings. The summed E-state index contributed by atoms with van der Waals surface area (Å²) in [6.07, 6.45) is 0.281. The van der Waals surface area contributed by atoms with Gasteiger partial charge in [0.05, 0.1) is 18.9 Å². The van der Waals surface area contributed by atoms with Crippen LogP contribution in [0.3, 0.4) is 0 Å². The minimum atomic E-state index is -3.40. The maximum Gasteiger partial charge on any atom is 0.426 e. The highest BCUT2D eigenvalue weighted by Gasteiger charge is 2.18. The van der Waals surface area contributed by atoms with Crippen molar-refractivity contribution in [3.63, 3.8) is 0 Å². The van der Waals surface area contributed by atoms with Crippen LogP contribution in [0.15, 0.2) is 42.5 Å². The van der Waals surface area contributed by atoms with Gasteiger partial charge < -0.3 is 9.47 Å². The van der Waals surface area contributed by atoms with Gasteiger partial charge in [0.15, 0.2) is 0 Å². The lowest BCUT2D eigenvalue weighted by atomic mass is 10.0. The molecule has 0 saturated carbocycles. The zero-order valence-corrected chi connectivity index (χ0v) is 18.2. The largest absolute Gasteiger partial charge is 0.496 e. The topological polar surface area (TPSA) is 123 Å². The van der Waals surface area contributed by atoms with Gasteiger partial charge in [-0.25, -0.2) is 18.6 Å². The van der Waals surface area contributed by atoms with Crippen molar-refractivity contribution in [2.45, 2.75) is 26.4 Å². The average molecular weight is 436 g/mol. The smallest absolute Gasteiger partial charge is 0.426 e. The first-order valence-electron chi connectivity index (χ1n) is 8.93. The number of nitrogens with one attached hydrogen (secondary N) is 3. The maximum atomic E-state index is 12.4. The number of amides is 2. The molecule has 0 saturated heterocycles. The summed E-state index contributed by atoms with van der Waals surface area (Å²) in [5.74, 6) is -0.311. The number of hydrogen-bond donors (Lipinski definition) is 3. The van der Waals surface area contributed by atoms with Gasteiger partial charge in [0.2, 0.25) is 10.0 Å². The number of carbonyl (C=O) groups is 2. The van der Waals surface area contributed by atoms with E-state index in [0.717, 1.165) is 11.8 Å². The molecule has 0 spiro atoms. The Bertz CT molecular complexity index is 1040. The zero-order valence-electron chi connectivity index (χ0n) is 17.4. The lowest BCUT2D eigenvalue weighted by Gasteiger charge is -2.20. The van der Waals surface area contributed by atoms with E-state index in [2.05, 4.69) is 15.6 Å². The van der Waals surface area contributed by atoms with Crippen molar-refractivity contribution in [1.82, 2.24) is 10.9 Å². The van der Waals surface area contributed by atoms with E-state index in [-0.39, 0.29) is 11.3 Å². The van der Waals surface area contributed by atoms with Crippen LogP contribution in [0, 0.1) is 0 Å². The van der Waals surface area contributed by atoms with Crippen molar-refractivity contribution in [3.05, 3.63) is 48.0 Å². The van der Waals surface area contributed by atoms with Crippen LogP contribution >= 0.6 is 0 Å². The first-order chi connectivity index (χ1) is 13.9. The number of rotatable bonds is 5. The van der Waals surface area contributed by atoms with Gasteiger partial charge in [-0.2, -0.15) is 0 Å². The number of hydrogen-bond acceptors (Lipinski definition) is 6. The summed E-state index contributed by atoms with van der Waals surface area (Å²) in [6.45, 7) is 5.11. The Balaban J connectivity index is 2.20. The van der Waals surface area contributed by atoms with E-state index in [1.165, 1.54) is 13.2 Å². The van der Waals surface area contributed by atoms with E-state index in [0.29, 0.717) is 11.3 Å². The third kappa shape index (κ3) is 6.96. The molecule has 0 radical (unpaired) electrons. The van der Waals surface area contributed by atoms with Gasteiger partial charge in [-0.05, 0) is 56.2 Å². The van der Waals surface area contributed by atoms with Gasteiger partial charge in [0, 0.05) is 5.69 Å². The molecule has 0 atom stereocenters. The Morgan fingerprint density at radius 3 is 2.23 bits per heavy atom. The van der Waals surface area contributed by atoms with Crippen LogP contribution in [0.5, 0.6) is 5.75 Å². The second-order valence-corrected chi connectivity index (χ2v) is 9.20. The minimum absolute atomic E-state index is 0.197. The number of methoxy groups -OCH3 is 1. The SMILES string of the molecule is COc1cc(-c2cccc(NS(C)(=O)=O)c2)ccc1C(=O)NNC(=O)OC(C)(C)C. The van der Waals surface area contributed by atoms with Crippen LogP contribution in [0.2, 0.25) is 0 Å². The molecule has 2 aromatic rings. The molecule has 0 aliphatic heterocycles. The highest BCUT2D eigenvalue weighted by molar-refractivity contribution is 7.92. The van der Waals surface area contributed by atoms with Gasteiger partial charge in [0.25, 0.3) is 5.91 Å². The van der Waals surface area contributed by atoms with Crippen LogP contribution in [0.4, 0.5) is 10.5 Å². The fourth-order valence-corrected chi connectivity index (χ4v) is 3.07. The first kappa shape index (κ1) is 23.0. The van der Waals surface area contributed by atoms with E-state index in [4.69, 9.17) is 9.47 Å². The summed E-state index contributed by atoms with van der Waals surface area (Å²) in [6, 6.07) is 11.7. The normalized spacial score (nSPS) is 11.4. The molecule has 10 heteroatoms. The van der Waals surface area contributed by atoms with E-state index in [9.17, 15) is 18.0 Å². The first-order valence-corrected chi connectivity index (χ1v) is 10.8. The Labute approximate surface area is 175 Å². The molecule has 2 rings (SSSR count). The third-order valence-corrected chi connectivity index (χ3v) is 4.23. The Hall–Kier alpha value is -3.27. The van der Waals surface area contributed by atoms with Gasteiger partial charge in [-0.3, -0.25) is 14.9 Å². The monoisotopic (exact) mass is 435 g/mol. The molecule has 3 N–H and O–H groups in total. The molecular formula is C20H25N3O6S. The van der Waals surface area contributed by atoms with Crippen molar-refractivity contribution in [3.8, 4) is 16.9 Å². The quantitative estimate of drug-likeness (QED) is 0.621. The van der Waals surface area contributed by atoms with Crippen LogP contribution < -0.4 is 20.3 Å². The Kier molecular flexibility index (Phi) is 6.93. The van der Waals surface area contributed by atoms with Crippen molar-refractivity contribution in [2.24, 2.45) is 0 Å². The number of carbonyl (C=O) groups excluding carboxylic acids is 2. The molecule has 30 heavy (non-hydrogen) atoms. The van der Waals surface area contributed by atoms with Crippen molar-refractivity contribution in [1.29, 1.82) is 0 Å². The number of ether oxygens (including phenoxy) is 2. The molecule has 0 aromatic heterocycles. The highest BCUT2D eigenvalue weighted by atomic mass is 32.2. The highest BCUT2D eigenvalue weighted by Crippen LogP contribution is 2.29. The van der Waals surface area contributed by atoms with Crippen LogP contribution in [0.25, 0.3) is 11.1 Å². The summed E-state index contributed by atoms with van der Waals surface area (Å²) in [5.41, 5.74) is 5.80. The molecule has 162 valence electrons. The molecule has 9 nitrogen and oxygen atoms in total. The molecule has 2 aromatic carbocycles. The van der Waals surface area contributed by atoms with Gasteiger partial charge in [0.1, 0.15) is 11.4 Å². The fourth-order valence-electron chi connectivity index (χ4n) is 2.51. The van der Waals surface area contributed by atoms with Gasteiger partial charge in [-0.15, -0.1) is 0 Å². The number of benzene rings is 2. The third-order valence-electron chi connectivity index (χ3n) is 3.62. The van der Waals surface area contributed by atoms with E-state index < -0.39 is 27.6 Å². The lowest BCUT2D eigenvalue weighted by Crippen LogP contribution is -2.44. The maximum absolute atomic E-state index is 12.4. The van der Waals surface area contributed by atoms with Crippen LogP contribution in [-0.2, 0) is 14.8 Å². The Morgan fingerprint density at radius 1 is 0.967 bits per heavy atom. The van der Waals surface area contributed by atoms with Crippen molar-refractivity contribution in [2.75, 3.05) is 18.1 Å². The molecule has 0 aliphatic rings. The predicted octanol–water partition coefficient (Wildman–Crippen LogP) is 2.90. The second-order valence-electron chi connectivity index (χ2n) is 7.45. The van der Waals surface area contributed by atoms with Crippen molar-refractivity contribution < 1.29 is 27.5 Å². The summed E-state index contributed by atoms with van der Waals surface area (Å²) in [4.78, 5) is 24.1. The standard InChI is InChI=1S/C20H25N3O6S/c1-20(2,3)29-19(25)22-21-18(24)16-10-9-14(12-17(16)28-4)13-7-6-8-15(11-13)23-30(5,26)27/h6-12,23H,1-5H3,(H,21,24)(H,22,25).